The van der Waals surface area contributed by atoms with Gasteiger partial charge in [0.1, 0.15) is 12.4 Å². The van der Waals surface area contributed by atoms with E-state index in [1.165, 1.54) is 42.6 Å². The highest BCUT2D eigenvalue weighted by molar-refractivity contribution is 5.41. The zero-order chi connectivity index (χ0) is 15.9. The Kier molecular flexibility index (Phi) is 5.71. The fourth-order valence-electron chi connectivity index (χ4n) is 3.32. The maximum atomic E-state index is 6.18. The summed E-state index contributed by atoms with van der Waals surface area (Å²) in [5.74, 6) is 1.10. The molecule has 23 heavy (non-hydrogen) atoms. The minimum atomic E-state index is 0.795. The maximum absolute atomic E-state index is 6.18. The van der Waals surface area contributed by atoms with Gasteiger partial charge in [-0.3, -0.25) is 4.90 Å². The molecule has 1 fully saturated rings. The molecular formula is C21H27NO. The quantitative estimate of drug-likeness (QED) is 0.758. The van der Waals surface area contributed by atoms with Crippen molar-refractivity contribution in [3.8, 4) is 5.75 Å². The molecule has 0 N–H and O–H groups in total. The summed E-state index contributed by atoms with van der Waals surface area (Å²) in [5.41, 5.74) is 3.96. The first-order valence-electron chi connectivity index (χ1n) is 8.80. The van der Waals surface area contributed by atoms with Gasteiger partial charge in [-0.25, -0.2) is 0 Å². The summed E-state index contributed by atoms with van der Waals surface area (Å²) < 4.78 is 6.18. The molecule has 3 rings (SSSR count). The summed E-state index contributed by atoms with van der Waals surface area (Å²) in [6.07, 6.45) is 4.77. The fraction of sp³-hybridized carbons (Fsp3) is 0.429. The van der Waals surface area contributed by atoms with Gasteiger partial charge in [0.2, 0.25) is 0 Å². The Morgan fingerprint density at radius 3 is 2.48 bits per heavy atom. The predicted molar refractivity (Wildman–Crippen MR) is 96.2 cm³/mol. The molecule has 2 aromatic carbocycles. The van der Waals surface area contributed by atoms with Crippen molar-refractivity contribution in [2.45, 2.75) is 32.6 Å². The van der Waals surface area contributed by atoms with Gasteiger partial charge in [-0.1, -0.05) is 48.5 Å². The summed E-state index contributed by atoms with van der Waals surface area (Å²) in [5, 5.41) is 0. The monoisotopic (exact) mass is 309 g/mol. The van der Waals surface area contributed by atoms with E-state index >= 15 is 0 Å². The van der Waals surface area contributed by atoms with E-state index in [1.807, 2.05) is 0 Å². The summed E-state index contributed by atoms with van der Waals surface area (Å²) in [6.45, 7) is 6.46. The summed E-state index contributed by atoms with van der Waals surface area (Å²) in [6, 6.07) is 17.2. The number of hydrogen-bond donors (Lipinski definition) is 0. The van der Waals surface area contributed by atoms with Gasteiger partial charge in [0.05, 0.1) is 0 Å². The van der Waals surface area contributed by atoms with Crippen LogP contribution in [-0.4, -0.2) is 31.1 Å². The average molecular weight is 309 g/mol. The van der Waals surface area contributed by atoms with Crippen molar-refractivity contribution < 1.29 is 4.74 Å². The molecule has 0 amide bonds. The van der Waals surface area contributed by atoms with E-state index in [4.69, 9.17) is 4.74 Å². The van der Waals surface area contributed by atoms with Gasteiger partial charge >= 0.3 is 0 Å². The molecule has 0 spiro atoms. The van der Waals surface area contributed by atoms with E-state index in [0.717, 1.165) is 31.7 Å². The molecule has 1 saturated heterocycles. The Labute approximate surface area is 140 Å². The second kappa shape index (κ2) is 8.16. The van der Waals surface area contributed by atoms with Crippen LogP contribution in [0.15, 0.2) is 48.5 Å². The number of rotatable bonds is 7. The largest absolute Gasteiger partial charge is 0.492 e. The first-order valence-corrected chi connectivity index (χ1v) is 8.80. The number of hydrogen-bond acceptors (Lipinski definition) is 2. The summed E-state index contributed by atoms with van der Waals surface area (Å²) in [4.78, 5) is 2.50. The minimum Gasteiger partial charge on any atom is -0.492 e. The van der Waals surface area contributed by atoms with E-state index in [1.54, 1.807) is 0 Å². The van der Waals surface area contributed by atoms with Crippen molar-refractivity contribution in [1.29, 1.82) is 0 Å². The van der Waals surface area contributed by atoms with Crippen LogP contribution < -0.4 is 4.74 Å². The first-order chi connectivity index (χ1) is 11.3. The normalized spacial score (nSPS) is 15.0. The lowest BCUT2D eigenvalue weighted by molar-refractivity contribution is 0.235. The number of ether oxygens (including phenoxy) is 1. The van der Waals surface area contributed by atoms with Crippen molar-refractivity contribution in [1.82, 2.24) is 4.90 Å². The third-order valence-electron chi connectivity index (χ3n) is 4.67. The lowest BCUT2D eigenvalue weighted by Crippen LogP contribution is -2.25. The number of para-hydroxylation sites is 1. The van der Waals surface area contributed by atoms with Crippen LogP contribution in [0.2, 0.25) is 0 Å². The van der Waals surface area contributed by atoms with E-state index in [0.29, 0.717) is 0 Å². The highest BCUT2D eigenvalue weighted by Gasteiger charge is 2.12. The SMILES string of the molecule is Cc1cccc(CCc2ccccc2)c1OCCN1CCCC1. The number of benzene rings is 2. The van der Waals surface area contributed by atoms with Gasteiger partial charge in [-0.15, -0.1) is 0 Å². The van der Waals surface area contributed by atoms with Crippen LogP contribution in [0.1, 0.15) is 29.5 Å². The standard InChI is InChI=1S/C21H27NO/c1-18-8-7-11-20(13-12-19-9-3-2-4-10-19)21(18)23-17-16-22-14-5-6-15-22/h2-4,7-11H,5-6,12-17H2,1H3. The van der Waals surface area contributed by atoms with E-state index in [-0.39, 0.29) is 0 Å². The van der Waals surface area contributed by atoms with Gasteiger partial charge < -0.3 is 4.74 Å². The Balaban J connectivity index is 1.59. The van der Waals surface area contributed by atoms with Crippen LogP contribution in [-0.2, 0) is 12.8 Å². The van der Waals surface area contributed by atoms with E-state index in [2.05, 4.69) is 60.4 Å². The first kappa shape index (κ1) is 16.1. The zero-order valence-corrected chi connectivity index (χ0v) is 14.1. The van der Waals surface area contributed by atoms with Crippen molar-refractivity contribution in [2.75, 3.05) is 26.2 Å². The third-order valence-corrected chi connectivity index (χ3v) is 4.67. The molecule has 0 atom stereocenters. The molecule has 0 aromatic heterocycles. The summed E-state index contributed by atoms with van der Waals surface area (Å²) >= 11 is 0. The predicted octanol–water partition coefficient (Wildman–Crippen LogP) is 4.25. The highest BCUT2D eigenvalue weighted by atomic mass is 16.5. The molecule has 1 aliphatic heterocycles. The number of likely N-dealkylation sites (tertiary alicyclic amines) is 1. The molecule has 1 heterocycles. The molecule has 2 aromatic rings. The van der Waals surface area contributed by atoms with Crippen LogP contribution in [0.4, 0.5) is 0 Å². The van der Waals surface area contributed by atoms with Crippen LogP contribution in [0.5, 0.6) is 5.75 Å². The van der Waals surface area contributed by atoms with Crippen molar-refractivity contribution >= 4 is 0 Å². The van der Waals surface area contributed by atoms with Crippen LogP contribution >= 0.6 is 0 Å². The molecule has 2 heteroatoms. The molecule has 0 bridgehead atoms. The number of aryl methyl sites for hydroxylation is 3. The second-order valence-corrected chi connectivity index (χ2v) is 6.45. The van der Waals surface area contributed by atoms with Gasteiger partial charge in [-0.05, 0) is 62.4 Å². The van der Waals surface area contributed by atoms with Crippen LogP contribution in [0, 0.1) is 6.92 Å². The highest BCUT2D eigenvalue weighted by Crippen LogP contribution is 2.25. The average Bonchev–Trinajstić information content (AvgIpc) is 3.09. The van der Waals surface area contributed by atoms with E-state index < -0.39 is 0 Å². The van der Waals surface area contributed by atoms with Gasteiger partial charge in [-0.2, -0.15) is 0 Å². The number of nitrogens with zero attached hydrogens (tertiary/aromatic N) is 1. The lowest BCUT2D eigenvalue weighted by Gasteiger charge is -2.18. The van der Waals surface area contributed by atoms with Crippen molar-refractivity contribution in [3.05, 3.63) is 65.2 Å². The van der Waals surface area contributed by atoms with Gasteiger partial charge in [0.25, 0.3) is 0 Å². The molecule has 0 radical (unpaired) electrons. The van der Waals surface area contributed by atoms with Crippen molar-refractivity contribution in [3.63, 3.8) is 0 Å². The molecular weight excluding hydrogens is 282 g/mol. The van der Waals surface area contributed by atoms with Gasteiger partial charge in [0.15, 0.2) is 0 Å². The minimum absolute atomic E-state index is 0.795. The maximum Gasteiger partial charge on any atom is 0.125 e. The van der Waals surface area contributed by atoms with Gasteiger partial charge in [0, 0.05) is 6.54 Å². The molecule has 0 unspecified atom stereocenters. The summed E-state index contributed by atoms with van der Waals surface area (Å²) in [7, 11) is 0. The molecule has 0 saturated carbocycles. The molecule has 1 aliphatic rings. The smallest absolute Gasteiger partial charge is 0.125 e. The van der Waals surface area contributed by atoms with E-state index in [9.17, 15) is 0 Å². The Morgan fingerprint density at radius 2 is 1.70 bits per heavy atom. The van der Waals surface area contributed by atoms with Crippen LogP contribution in [0.3, 0.4) is 0 Å². The Hall–Kier alpha value is -1.80. The van der Waals surface area contributed by atoms with Crippen LogP contribution in [0.25, 0.3) is 0 Å². The lowest BCUT2D eigenvalue weighted by atomic mass is 10.0. The third kappa shape index (κ3) is 4.59. The molecule has 2 nitrogen and oxygen atoms in total. The second-order valence-electron chi connectivity index (χ2n) is 6.45. The zero-order valence-electron chi connectivity index (χ0n) is 14.1. The van der Waals surface area contributed by atoms with Crippen molar-refractivity contribution in [2.24, 2.45) is 0 Å². The fourth-order valence-corrected chi connectivity index (χ4v) is 3.32. The Morgan fingerprint density at radius 1 is 0.913 bits per heavy atom. The molecule has 122 valence electrons. The Bertz CT molecular complexity index is 602. The molecule has 0 aliphatic carbocycles. The topological polar surface area (TPSA) is 12.5 Å².